The van der Waals surface area contributed by atoms with E-state index in [-0.39, 0.29) is 4.47 Å². The van der Waals surface area contributed by atoms with Crippen molar-refractivity contribution < 1.29 is 18.3 Å². The van der Waals surface area contributed by atoms with Gasteiger partial charge >= 0.3 is 6.18 Å². The maximum Gasteiger partial charge on any atom is 0.417 e. The second-order valence-corrected chi connectivity index (χ2v) is 3.66. The van der Waals surface area contributed by atoms with E-state index in [9.17, 15) is 18.3 Å². The van der Waals surface area contributed by atoms with Crippen molar-refractivity contribution in [2.75, 3.05) is 6.61 Å². The summed E-state index contributed by atoms with van der Waals surface area (Å²) in [5.41, 5.74) is -0.378. The molecule has 1 nitrogen and oxygen atoms in total. The Kier molecular flexibility index (Phi) is 3.93. The zero-order valence-electron chi connectivity index (χ0n) is 7.51. The lowest BCUT2D eigenvalue weighted by Crippen LogP contribution is -2.06. The van der Waals surface area contributed by atoms with Crippen LogP contribution in [0.2, 0.25) is 0 Å². The molecule has 0 aliphatic heterocycles. The molecule has 81 valence electrons. The van der Waals surface area contributed by atoms with Crippen LogP contribution < -0.4 is 0 Å². The van der Waals surface area contributed by atoms with E-state index in [0.717, 1.165) is 6.07 Å². The minimum Gasteiger partial charge on any atom is -0.232 e. The normalized spacial score (nSPS) is 12.3. The van der Waals surface area contributed by atoms with Gasteiger partial charge in [-0.3, -0.25) is 0 Å². The molecule has 15 heavy (non-hydrogen) atoms. The molecule has 0 saturated heterocycles. The van der Waals surface area contributed by atoms with Crippen LogP contribution in [0.15, 0.2) is 28.7 Å². The van der Waals surface area contributed by atoms with E-state index in [0.29, 0.717) is 5.56 Å². The van der Waals surface area contributed by atoms with E-state index in [1.165, 1.54) is 24.3 Å². The second-order valence-electron chi connectivity index (χ2n) is 2.81. The van der Waals surface area contributed by atoms with Gasteiger partial charge in [0.05, 0.1) is 5.56 Å². The third-order valence-corrected chi connectivity index (χ3v) is 2.39. The van der Waals surface area contributed by atoms with E-state index in [1.54, 1.807) is 0 Å². The highest BCUT2D eigenvalue weighted by atomic mass is 79.9. The van der Waals surface area contributed by atoms with Crippen LogP contribution in [0, 0.1) is 0 Å². The Labute approximate surface area is 93.4 Å². The number of rotatable bonds is 2. The van der Waals surface area contributed by atoms with Crippen molar-refractivity contribution in [3.63, 3.8) is 0 Å². The predicted octanol–water partition coefficient (Wildman–Crippen LogP) is 3.91. The van der Waals surface area contributed by atoms with Crippen LogP contribution in [0.4, 0.5) is 13.2 Å². The van der Waals surface area contributed by atoms with Crippen molar-refractivity contribution in [3.8, 4) is 0 Å². The summed E-state index contributed by atoms with van der Waals surface area (Å²) in [5.74, 6) is 0. The number of hydrogen-bond donors (Lipinski definition) is 0. The third kappa shape index (κ3) is 3.35. The van der Waals surface area contributed by atoms with E-state index in [2.05, 4.69) is 15.9 Å². The van der Waals surface area contributed by atoms with Gasteiger partial charge in [0.15, 0.2) is 0 Å². The van der Waals surface area contributed by atoms with Crippen molar-refractivity contribution in [2.45, 2.75) is 6.18 Å². The summed E-state index contributed by atoms with van der Waals surface area (Å²) in [6, 6.07) is 3.81. The Bertz CT molecular complexity index is 371. The Morgan fingerprint density at radius 2 is 2.00 bits per heavy atom. The van der Waals surface area contributed by atoms with Gasteiger partial charge in [0.2, 0.25) is 0 Å². The maximum atomic E-state index is 12.4. The lowest BCUT2D eigenvalue weighted by atomic mass is 10.1. The minimum atomic E-state index is -4.39. The topological polar surface area (TPSA) is 19.9 Å². The van der Waals surface area contributed by atoms with Crippen LogP contribution in [0.5, 0.6) is 0 Å². The Balaban J connectivity index is 3.11. The summed E-state index contributed by atoms with van der Waals surface area (Å²) < 4.78 is 37.3. The average molecular weight is 280 g/mol. The molecule has 0 aliphatic rings. The van der Waals surface area contributed by atoms with E-state index >= 15 is 0 Å². The molecule has 0 fully saturated rings. The smallest absolute Gasteiger partial charge is 0.232 e. The van der Waals surface area contributed by atoms with Crippen LogP contribution in [0.25, 0.3) is 6.08 Å². The zero-order valence-corrected chi connectivity index (χ0v) is 9.10. The molecule has 1 radical (unpaired) electrons. The maximum absolute atomic E-state index is 12.4. The Hall–Kier alpha value is -0.810. The van der Waals surface area contributed by atoms with Crippen LogP contribution in [0.1, 0.15) is 11.1 Å². The highest BCUT2D eigenvalue weighted by molar-refractivity contribution is 9.10. The Morgan fingerprint density at radius 1 is 1.33 bits per heavy atom. The van der Waals surface area contributed by atoms with Gasteiger partial charge in [-0.15, -0.1) is 0 Å². The lowest BCUT2D eigenvalue weighted by molar-refractivity contribution is -0.138. The molecule has 0 spiro atoms. The standard InChI is InChI=1S/C10H7BrF3O/c11-9-4-3-7(2-1-5-15)6-8(9)10(12,13)14/h1-4,6H,5H2. The lowest BCUT2D eigenvalue weighted by Gasteiger charge is -2.09. The van der Waals surface area contributed by atoms with Gasteiger partial charge < -0.3 is 0 Å². The van der Waals surface area contributed by atoms with Crippen LogP contribution in [0.3, 0.4) is 0 Å². The molecular weight excluding hydrogens is 273 g/mol. The number of hydrogen-bond acceptors (Lipinski definition) is 0. The van der Waals surface area contributed by atoms with E-state index in [4.69, 9.17) is 0 Å². The van der Waals surface area contributed by atoms with Gasteiger partial charge in [0, 0.05) is 4.47 Å². The molecule has 0 saturated carbocycles. The highest BCUT2D eigenvalue weighted by Crippen LogP contribution is 2.35. The molecule has 0 amide bonds. The summed E-state index contributed by atoms with van der Waals surface area (Å²) >= 11 is 2.83. The summed E-state index contributed by atoms with van der Waals surface area (Å²) in [7, 11) is 0. The quantitative estimate of drug-likeness (QED) is 0.782. The first-order chi connectivity index (χ1) is 6.95. The van der Waals surface area contributed by atoms with Gasteiger partial charge in [0.25, 0.3) is 0 Å². The largest absolute Gasteiger partial charge is 0.417 e. The molecule has 1 rings (SSSR count). The van der Waals surface area contributed by atoms with Crippen molar-refractivity contribution in [2.24, 2.45) is 0 Å². The first kappa shape index (κ1) is 12.3. The molecule has 0 bridgehead atoms. The van der Waals surface area contributed by atoms with Crippen molar-refractivity contribution in [1.82, 2.24) is 0 Å². The van der Waals surface area contributed by atoms with E-state index in [1.807, 2.05) is 0 Å². The predicted molar refractivity (Wildman–Crippen MR) is 53.7 cm³/mol. The molecule has 0 unspecified atom stereocenters. The number of halogens is 4. The third-order valence-electron chi connectivity index (χ3n) is 1.70. The monoisotopic (exact) mass is 279 g/mol. The van der Waals surface area contributed by atoms with E-state index < -0.39 is 18.3 Å². The van der Waals surface area contributed by atoms with Gasteiger partial charge in [-0.05, 0) is 17.7 Å². The van der Waals surface area contributed by atoms with Gasteiger partial charge in [-0.1, -0.05) is 34.1 Å². The van der Waals surface area contributed by atoms with Crippen LogP contribution in [-0.2, 0) is 11.3 Å². The van der Waals surface area contributed by atoms with Crippen molar-refractivity contribution >= 4 is 22.0 Å². The molecule has 0 aromatic heterocycles. The van der Waals surface area contributed by atoms with Gasteiger partial charge in [-0.2, -0.15) is 13.2 Å². The first-order valence-electron chi connectivity index (χ1n) is 4.06. The molecule has 0 N–H and O–H groups in total. The second kappa shape index (κ2) is 4.81. The van der Waals surface area contributed by atoms with Crippen molar-refractivity contribution in [3.05, 3.63) is 39.9 Å². The fourth-order valence-electron chi connectivity index (χ4n) is 1.05. The minimum absolute atomic E-state index is 0.00530. The summed E-state index contributed by atoms with van der Waals surface area (Å²) in [5, 5.41) is 10.1. The SMILES string of the molecule is [O]CC=Cc1ccc(Br)c(C(F)(F)F)c1. The Morgan fingerprint density at radius 3 is 2.53 bits per heavy atom. The zero-order chi connectivity index (χ0) is 11.5. The number of benzene rings is 1. The van der Waals surface area contributed by atoms with Crippen LogP contribution in [-0.4, -0.2) is 6.61 Å². The van der Waals surface area contributed by atoms with Crippen molar-refractivity contribution in [1.29, 1.82) is 0 Å². The molecule has 0 aliphatic carbocycles. The van der Waals surface area contributed by atoms with Gasteiger partial charge in [-0.25, -0.2) is 5.11 Å². The fourth-order valence-corrected chi connectivity index (χ4v) is 1.52. The summed E-state index contributed by atoms with van der Waals surface area (Å²) in [4.78, 5) is 0. The van der Waals surface area contributed by atoms with Crippen LogP contribution >= 0.6 is 15.9 Å². The molecular formula is C10H7BrF3O. The molecule has 0 heterocycles. The summed E-state index contributed by atoms with van der Waals surface area (Å²) in [6.07, 6.45) is -1.75. The molecule has 0 atom stereocenters. The fraction of sp³-hybridized carbons (Fsp3) is 0.200. The highest BCUT2D eigenvalue weighted by Gasteiger charge is 2.32. The number of alkyl halides is 3. The first-order valence-corrected chi connectivity index (χ1v) is 4.86. The summed E-state index contributed by atoms with van der Waals surface area (Å²) in [6.45, 7) is -0.447. The van der Waals surface area contributed by atoms with Gasteiger partial charge in [0.1, 0.15) is 6.61 Å². The molecule has 1 aromatic rings. The molecule has 1 aromatic carbocycles. The average Bonchev–Trinajstić information content (AvgIpc) is 2.15. The molecule has 5 heteroatoms.